The fraction of sp³-hybridized carbons (Fsp3) is 0.167. The van der Waals surface area contributed by atoms with Crippen molar-refractivity contribution in [2.45, 2.75) is 6.54 Å². The zero-order valence-corrected chi connectivity index (χ0v) is 9.56. The van der Waals surface area contributed by atoms with Gasteiger partial charge in [-0.1, -0.05) is 6.07 Å². The van der Waals surface area contributed by atoms with Gasteiger partial charge >= 0.3 is 0 Å². The number of hydrogen-bond acceptors (Lipinski definition) is 4. The Kier molecular flexibility index (Phi) is 2.60. The monoisotopic (exact) mass is 244 g/mol. The van der Waals surface area contributed by atoms with E-state index in [4.69, 9.17) is 4.74 Å². The van der Waals surface area contributed by atoms with Gasteiger partial charge in [0.1, 0.15) is 5.75 Å². The van der Waals surface area contributed by atoms with Crippen molar-refractivity contribution in [1.29, 1.82) is 0 Å². The summed E-state index contributed by atoms with van der Waals surface area (Å²) in [5.74, 6) is 0.587. The maximum atomic E-state index is 11.2. The molecule has 0 saturated carbocycles. The van der Waals surface area contributed by atoms with E-state index in [0.717, 1.165) is 16.9 Å². The summed E-state index contributed by atoms with van der Waals surface area (Å²) in [6, 6.07) is 5.73. The third-order valence-electron chi connectivity index (χ3n) is 2.67. The van der Waals surface area contributed by atoms with Crippen molar-refractivity contribution >= 4 is 17.3 Å². The van der Waals surface area contributed by atoms with Gasteiger partial charge in [0.05, 0.1) is 17.6 Å². The van der Waals surface area contributed by atoms with Crippen LogP contribution in [0.15, 0.2) is 30.6 Å². The molecule has 0 atom stereocenters. The lowest BCUT2D eigenvalue weighted by Gasteiger charge is -2.18. The molecule has 2 aromatic rings. The number of nitrogens with zero attached hydrogens (tertiary/aromatic N) is 1. The van der Waals surface area contributed by atoms with Gasteiger partial charge in [0.25, 0.3) is 5.91 Å². The van der Waals surface area contributed by atoms with E-state index in [1.165, 1.54) is 0 Å². The molecule has 1 amide bonds. The van der Waals surface area contributed by atoms with Crippen molar-refractivity contribution in [2.24, 2.45) is 0 Å². The van der Waals surface area contributed by atoms with Crippen LogP contribution in [0.4, 0.5) is 11.4 Å². The zero-order valence-electron chi connectivity index (χ0n) is 9.56. The molecule has 1 aromatic carbocycles. The summed E-state index contributed by atoms with van der Waals surface area (Å²) in [5.41, 5.74) is 2.70. The van der Waals surface area contributed by atoms with Gasteiger partial charge in [0.15, 0.2) is 6.61 Å². The van der Waals surface area contributed by atoms with Crippen LogP contribution in [0.5, 0.6) is 5.75 Å². The molecule has 1 aliphatic rings. The summed E-state index contributed by atoms with van der Waals surface area (Å²) in [6.07, 6.45) is 3.49. The number of aromatic amines is 1. The molecule has 3 N–H and O–H groups in total. The van der Waals surface area contributed by atoms with E-state index in [9.17, 15) is 4.79 Å². The molecule has 0 unspecified atom stereocenters. The standard InChI is InChI=1S/C12H12N4O2/c17-12-7-18-11-2-1-8(3-10(11)16-12)4-13-9-5-14-15-6-9/h1-3,5-6,13H,4,7H2,(H,14,15)(H,16,17). The lowest BCUT2D eigenvalue weighted by molar-refractivity contribution is -0.118. The number of carbonyl (C=O) groups excluding carboxylic acids is 1. The van der Waals surface area contributed by atoms with Crippen LogP contribution in [0.1, 0.15) is 5.56 Å². The molecular formula is C12H12N4O2. The Morgan fingerprint density at radius 2 is 2.39 bits per heavy atom. The predicted octanol–water partition coefficient (Wildman–Crippen LogP) is 1.35. The molecule has 1 aromatic heterocycles. The van der Waals surface area contributed by atoms with Crippen LogP contribution in [-0.2, 0) is 11.3 Å². The molecule has 0 fully saturated rings. The molecule has 2 heterocycles. The molecule has 18 heavy (non-hydrogen) atoms. The lowest BCUT2D eigenvalue weighted by Crippen LogP contribution is -2.25. The first-order valence-electron chi connectivity index (χ1n) is 5.59. The minimum absolute atomic E-state index is 0.0830. The van der Waals surface area contributed by atoms with Gasteiger partial charge in [0, 0.05) is 12.7 Å². The molecule has 0 radical (unpaired) electrons. The number of benzene rings is 1. The number of aromatic nitrogens is 2. The van der Waals surface area contributed by atoms with Crippen LogP contribution in [0, 0.1) is 0 Å². The Balaban J connectivity index is 1.73. The molecule has 1 aliphatic heterocycles. The Labute approximate surface area is 103 Å². The molecule has 92 valence electrons. The van der Waals surface area contributed by atoms with Gasteiger partial charge in [-0.2, -0.15) is 5.10 Å². The second-order valence-electron chi connectivity index (χ2n) is 4.01. The third-order valence-corrected chi connectivity index (χ3v) is 2.67. The number of nitrogens with one attached hydrogen (secondary N) is 3. The van der Waals surface area contributed by atoms with Gasteiger partial charge in [-0.3, -0.25) is 9.89 Å². The van der Waals surface area contributed by atoms with Crippen molar-refractivity contribution in [1.82, 2.24) is 10.2 Å². The van der Waals surface area contributed by atoms with E-state index < -0.39 is 0 Å². The quantitative estimate of drug-likeness (QED) is 0.761. The van der Waals surface area contributed by atoms with Crippen LogP contribution in [-0.4, -0.2) is 22.7 Å². The molecule has 6 heteroatoms. The maximum Gasteiger partial charge on any atom is 0.262 e. The minimum atomic E-state index is -0.123. The molecule has 0 aliphatic carbocycles. The van der Waals surface area contributed by atoms with E-state index >= 15 is 0 Å². The first kappa shape index (κ1) is 10.6. The van der Waals surface area contributed by atoms with Gasteiger partial charge < -0.3 is 15.4 Å². The highest BCUT2D eigenvalue weighted by Crippen LogP contribution is 2.28. The second-order valence-corrected chi connectivity index (χ2v) is 4.01. The Morgan fingerprint density at radius 1 is 1.44 bits per heavy atom. The molecule has 0 saturated heterocycles. The van der Waals surface area contributed by atoms with E-state index in [0.29, 0.717) is 12.3 Å². The second kappa shape index (κ2) is 4.40. The van der Waals surface area contributed by atoms with Crippen LogP contribution >= 0.6 is 0 Å². The first-order chi connectivity index (χ1) is 8.81. The highest BCUT2D eigenvalue weighted by Gasteiger charge is 2.15. The largest absolute Gasteiger partial charge is 0.482 e. The number of amides is 1. The fourth-order valence-electron chi connectivity index (χ4n) is 1.79. The summed E-state index contributed by atoms with van der Waals surface area (Å²) in [7, 11) is 0. The third kappa shape index (κ3) is 2.13. The highest BCUT2D eigenvalue weighted by atomic mass is 16.5. The van der Waals surface area contributed by atoms with Crippen molar-refractivity contribution in [3.8, 4) is 5.75 Å². The number of ether oxygens (including phenoxy) is 1. The SMILES string of the molecule is O=C1COc2ccc(CNc3cn[nH]c3)cc2N1. The van der Waals surface area contributed by atoms with Crippen molar-refractivity contribution in [3.05, 3.63) is 36.2 Å². The number of rotatable bonds is 3. The Morgan fingerprint density at radius 3 is 3.22 bits per heavy atom. The first-order valence-corrected chi connectivity index (χ1v) is 5.59. The summed E-state index contributed by atoms with van der Waals surface area (Å²) >= 11 is 0. The van der Waals surface area contributed by atoms with E-state index in [-0.39, 0.29) is 12.5 Å². The summed E-state index contributed by atoms with van der Waals surface area (Å²) in [5, 5.41) is 12.6. The molecular weight excluding hydrogens is 232 g/mol. The number of anilines is 2. The molecule has 6 nitrogen and oxygen atoms in total. The predicted molar refractivity (Wildman–Crippen MR) is 66.5 cm³/mol. The Hall–Kier alpha value is -2.50. The van der Waals surface area contributed by atoms with Gasteiger partial charge in [-0.05, 0) is 17.7 Å². The van der Waals surface area contributed by atoms with Crippen LogP contribution in [0.2, 0.25) is 0 Å². The van der Waals surface area contributed by atoms with Crippen LogP contribution < -0.4 is 15.4 Å². The van der Waals surface area contributed by atoms with E-state index in [1.807, 2.05) is 18.2 Å². The minimum Gasteiger partial charge on any atom is -0.482 e. The topological polar surface area (TPSA) is 79.0 Å². The molecule has 0 spiro atoms. The smallest absolute Gasteiger partial charge is 0.262 e. The summed E-state index contributed by atoms with van der Waals surface area (Å²) in [4.78, 5) is 11.2. The van der Waals surface area contributed by atoms with Gasteiger partial charge in [-0.15, -0.1) is 0 Å². The number of fused-ring (bicyclic) bond motifs is 1. The van der Waals surface area contributed by atoms with Crippen LogP contribution in [0.3, 0.4) is 0 Å². The Bertz CT molecular complexity index is 565. The highest BCUT2D eigenvalue weighted by molar-refractivity contribution is 5.95. The van der Waals surface area contributed by atoms with Crippen molar-refractivity contribution < 1.29 is 9.53 Å². The average Bonchev–Trinajstić information content (AvgIpc) is 2.89. The van der Waals surface area contributed by atoms with Crippen molar-refractivity contribution in [3.63, 3.8) is 0 Å². The summed E-state index contributed by atoms with van der Waals surface area (Å²) < 4.78 is 5.29. The van der Waals surface area contributed by atoms with E-state index in [1.54, 1.807) is 12.4 Å². The number of H-pyrrole nitrogens is 1. The fourth-order valence-corrected chi connectivity index (χ4v) is 1.79. The molecule has 3 rings (SSSR count). The van der Waals surface area contributed by atoms with Gasteiger partial charge in [0.2, 0.25) is 0 Å². The van der Waals surface area contributed by atoms with Gasteiger partial charge in [-0.25, -0.2) is 0 Å². The van der Waals surface area contributed by atoms with Crippen molar-refractivity contribution in [2.75, 3.05) is 17.2 Å². The average molecular weight is 244 g/mol. The van der Waals surface area contributed by atoms with Crippen LogP contribution in [0.25, 0.3) is 0 Å². The maximum absolute atomic E-state index is 11.2. The number of hydrogen-bond donors (Lipinski definition) is 3. The number of carbonyl (C=O) groups is 1. The van der Waals surface area contributed by atoms with E-state index in [2.05, 4.69) is 20.8 Å². The molecule has 0 bridgehead atoms. The lowest BCUT2D eigenvalue weighted by atomic mass is 10.1. The summed E-state index contributed by atoms with van der Waals surface area (Å²) in [6.45, 7) is 0.738. The zero-order chi connectivity index (χ0) is 12.4. The normalized spacial score (nSPS) is 13.4.